The van der Waals surface area contributed by atoms with Gasteiger partial charge in [0.05, 0.1) is 11.1 Å². The first-order chi connectivity index (χ1) is 13.6. The summed E-state index contributed by atoms with van der Waals surface area (Å²) < 4.78 is 1.71. The van der Waals surface area contributed by atoms with Gasteiger partial charge in [-0.3, -0.25) is 9.78 Å². The summed E-state index contributed by atoms with van der Waals surface area (Å²) in [7, 11) is 0. The quantitative estimate of drug-likeness (QED) is 0.758. The molecule has 7 nitrogen and oxygen atoms in total. The summed E-state index contributed by atoms with van der Waals surface area (Å²) >= 11 is 0. The van der Waals surface area contributed by atoms with Crippen molar-refractivity contribution in [2.24, 2.45) is 0 Å². The zero-order valence-electron chi connectivity index (χ0n) is 15.8. The summed E-state index contributed by atoms with van der Waals surface area (Å²) in [6, 6.07) is 11.1. The number of rotatable bonds is 3. The molecular formula is C21H23N5O2. The molecule has 1 amide bonds. The highest BCUT2D eigenvalue weighted by Crippen LogP contribution is 2.46. The van der Waals surface area contributed by atoms with Crippen LogP contribution in [0, 0.1) is 0 Å². The minimum absolute atomic E-state index is 0.0432. The molecule has 1 N–H and O–H groups in total. The Hall–Kier alpha value is -2.80. The van der Waals surface area contributed by atoms with Gasteiger partial charge in [-0.1, -0.05) is 17.3 Å². The summed E-state index contributed by atoms with van der Waals surface area (Å²) in [5.41, 5.74) is 1.65. The van der Waals surface area contributed by atoms with Crippen molar-refractivity contribution in [2.75, 3.05) is 0 Å². The number of para-hydroxylation sites is 1. The van der Waals surface area contributed by atoms with Gasteiger partial charge in [0.1, 0.15) is 11.6 Å². The van der Waals surface area contributed by atoms with Crippen molar-refractivity contribution in [2.45, 2.75) is 56.3 Å². The van der Waals surface area contributed by atoms with Crippen LogP contribution in [0.25, 0.3) is 11.0 Å². The Morgan fingerprint density at radius 1 is 1.14 bits per heavy atom. The molecule has 0 radical (unpaired) electrons. The molecule has 3 aromatic rings. The standard InChI is InChI=1S/C21H23N5O2/c1-14(26-19-5-3-2-4-18(19)23-24-26)20(27)25-16-6-7-17(25)13-21(28,12-16)15-8-10-22-11-9-15/h2-5,8-11,14,16-17,28H,6-7,12-13H2,1H3. The minimum atomic E-state index is -0.894. The fraction of sp³-hybridized carbons (Fsp3) is 0.429. The third-order valence-corrected chi connectivity index (χ3v) is 6.34. The normalized spacial score (nSPS) is 27.9. The molecule has 0 aliphatic carbocycles. The number of aromatic nitrogens is 4. The zero-order valence-corrected chi connectivity index (χ0v) is 15.8. The molecule has 4 heterocycles. The largest absolute Gasteiger partial charge is 0.385 e. The van der Waals surface area contributed by atoms with Crippen molar-refractivity contribution in [3.63, 3.8) is 0 Å². The Labute approximate surface area is 163 Å². The summed E-state index contributed by atoms with van der Waals surface area (Å²) in [5, 5.41) is 19.7. The molecule has 28 heavy (non-hydrogen) atoms. The van der Waals surface area contributed by atoms with Crippen molar-refractivity contribution in [3.8, 4) is 0 Å². The van der Waals surface area contributed by atoms with Gasteiger partial charge in [0, 0.05) is 37.3 Å². The van der Waals surface area contributed by atoms with Gasteiger partial charge < -0.3 is 10.0 Å². The summed E-state index contributed by atoms with van der Waals surface area (Å²) in [6.07, 6.45) is 6.40. The number of aliphatic hydroxyl groups is 1. The van der Waals surface area contributed by atoms with E-state index >= 15 is 0 Å². The van der Waals surface area contributed by atoms with E-state index < -0.39 is 11.6 Å². The third kappa shape index (κ3) is 2.61. The lowest BCUT2D eigenvalue weighted by molar-refractivity contribution is -0.145. The molecule has 2 saturated heterocycles. The molecule has 2 fully saturated rings. The van der Waals surface area contributed by atoms with Crippen LogP contribution < -0.4 is 0 Å². The Balaban J connectivity index is 1.41. The molecule has 2 aromatic heterocycles. The maximum Gasteiger partial charge on any atom is 0.247 e. The number of piperidine rings is 1. The number of pyridine rings is 1. The van der Waals surface area contributed by atoms with Crippen LogP contribution in [0.4, 0.5) is 0 Å². The predicted octanol–water partition coefficient (Wildman–Crippen LogP) is 2.43. The van der Waals surface area contributed by atoms with Gasteiger partial charge in [0.25, 0.3) is 0 Å². The van der Waals surface area contributed by atoms with E-state index in [0.29, 0.717) is 12.8 Å². The zero-order chi connectivity index (χ0) is 19.3. The molecular weight excluding hydrogens is 354 g/mol. The van der Waals surface area contributed by atoms with E-state index in [1.54, 1.807) is 17.1 Å². The Morgan fingerprint density at radius 3 is 2.54 bits per heavy atom. The summed E-state index contributed by atoms with van der Waals surface area (Å²) in [6.45, 7) is 1.88. The second-order valence-electron chi connectivity index (χ2n) is 8.00. The van der Waals surface area contributed by atoms with E-state index in [-0.39, 0.29) is 18.0 Å². The number of hydrogen-bond acceptors (Lipinski definition) is 5. The van der Waals surface area contributed by atoms with Crippen LogP contribution in [0.2, 0.25) is 0 Å². The minimum Gasteiger partial charge on any atom is -0.385 e. The number of carbonyl (C=O) groups excluding carboxylic acids is 1. The highest BCUT2D eigenvalue weighted by molar-refractivity contribution is 5.84. The van der Waals surface area contributed by atoms with Gasteiger partial charge in [0.2, 0.25) is 5.91 Å². The summed E-state index contributed by atoms with van der Waals surface area (Å²) in [5.74, 6) is 0.0555. The molecule has 2 aliphatic rings. The van der Waals surface area contributed by atoms with Gasteiger partial charge in [-0.15, -0.1) is 5.10 Å². The summed E-state index contributed by atoms with van der Waals surface area (Å²) in [4.78, 5) is 19.4. The maximum atomic E-state index is 13.4. The van der Waals surface area contributed by atoms with Gasteiger partial charge in [-0.25, -0.2) is 4.68 Å². The first-order valence-electron chi connectivity index (χ1n) is 9.82. The molecule has 0 spiro atoms. The van der Waals surface area contributed by atoms with Crippen molar-refractivity contribution < 1.29 is 9.90 Å². The van der Waals surface area contributed by atoms with Gasteiger partial charge in [0.15, 0.2) is 0 Å². The SMILES string of the molecule is CC(C(=O)N1C2CCC1CC(O)(c1ccncc1)C2)n1nnc2ccccc21. The second kappa shape index (κ2) is 6.38. The Bertz CT molecular complexity index is 1000. The van der Waals surface area contributed by atoms with Crippen LogP contribution in [-0.2, 0) is 10.4 Å². The molecule has 5 rings (SSSR count). The predicted molar refractivity (Wildman–Crippen MR) is 103 cm³/mol. The molecule has 7 heteroatoms. The van der Waals surface area contributed by atoms with Gasteiger partial charge in [-0.2, -0.15) is 0 Å². The number of nitrogens with zero attached hydrogens (tertiary/aromatic N) is 5. The smallest absolute Gasteiger partial charge is 0.247 e. The number of carbonyl (C=O) groups is 1. The number of amides is 1. The first-order valence-corrected chi connectivity index (χ1v) is 9.82. The van der Waals surface area contributed by atoms with E-state index in [1.807, 2.05) is 48.2 Å². The molecule has 3 unspecified atom stereocenters. The molecule has 0 saturated carbocycles. The lowest BCUT2D eigenvalue weighted by Crippen LogP contribution is -2.53. The second-order valence-corrected chi connectivity index (χ2v) is 8.00. The monoisotopic (exact) mass is 377 g/mol. The Morgan fingerprint density at radius 2 is 1.82 bits per heavy atom. The van der Waals surface area contributed by atoms with Crippen molar-refractivity contribution >= 4 is 16.9 Å². The van der Waals surface area contributed by atoms with Crippen LogP contribution in [0.1, 0.15) is 44.2 Å². The van der Waals surface area contributed by atoms with E-state index in [4.69, 9.17) is 0 Å². The fourth-order valence-electron chi connectivity index (χ4n) is 4.98. The van der Waals surface area contributed by atoms with Crippen molar-refractivity contribution in [1.82, 2.24) is 24.9 Å². The Kier molecular flexibility index (Phi) is 3.94. The van der Waals surface area contributed by atoms with E-state index in [1.165, 1.54) is 0 Å². The van der Waals surface area contributed by atoms with Crippen LogP contribution in [0.5, 0.6) is 0 Å². The number of fused-ring (bicyclic) bond motifs is 3. The molecule has 3 atom stereocenters. The average molecular weight is 377 g/mol. The van der Waals surface area contributed by atoms with Gasteiger partial charge in [-0.05, 0) is 49.6 Å². The molecule has 2 aliphatic heterocycles. The number of benzene rings is 1. The van der Waals surface area contributed by atoms with Crippen LogP contribution in [0.3, 0.4) is 0 Å². The third-order valence-electron chi connectivity index (χ3n) is 6.34. The molecule has 2 bridgehead atoms. The number of hydrogen-bond donors (Lipinski definition) is 1. The average Bonchev–Trinajstić information content (AvgIpc) is 3.27. The highest BCUT2D eigenvalue weighted by atomic mass is 16.3. The van der Waals surface area contributed by atoms with E-state index in [0.717, 1.165) is 29.4 Å². The first kappa shape index (κ1) is 17.3. The van der Waals surface area contributed by atoms with Crippen molar-refractivity contribution in [3.05, 3.63) is 54.4 Å². The van der Waals surface area contributed by atoms with Gasteiger partial charge >= 0.3 is 0 Å². The molecule has 1 aromatic carbocycles. The molecule has 144 valence electrons. The fourth-order valence-corrected chi connectivity index (χ4v) is 4.98. The highest BCUT2D eigenvalue weighted by Gasteiger charge is 2.50. The van der Waals surface area contributed by atoms with Crippen LogP contribution >= 0.6 is 0 Å². The van der Waals surface area contributed by atoms with Crippen molar-refractivity contribution in [1.29, 1.82) is 0 Å². The lowest BCUT2D eigenvalue weighted by atomic mass is 9.80. The topological polar surface area (TPSA) is 84.1 Å². The van der Waals surface area contributed by atoms with Crippen LogP contribution in [0.15, 0.2) is 48.8 Å². The maximum absolute atomic E-state index is 13.4. The lowest BCUT2D eigenvalue weighted by Gasteiger charge is -2.44. The van der Waals surface area contributed by atoms with Crippen LogP contribution in [-0.4, -0.2) is 48.0 Å². The van der Waals surface area contributed by atoms with E-state index in [2.05, 4.69) is 15.3 Å². The van der Waals surface area contributed by atoms with E-state index in [9.17, 15) is 9.90 Å².